The predicted octanol–water partition coefficient (Wildman–Crippen LogP) is -4.82. The highest BCUT2D eigenvalue weighted by molar-refractivity contribution is 4.80. The van der Waals surface area contributed by atoms with E-state index in [1.807, 2.05) is 21.1 Å². The van der Waals surface area contributed by atoms with E-state index in [1.54, 1.807) is 0 Å². The van der Waals surface area contributed by atoms with Gasteiger partial charge in [0.2, 0.25) is 0 Å². The van der Waals surface area contributed by atoms with Gasteiger partial charge in [0.15, 0.2) is 0 Å². The highest BCUT2D eigenvalue weighted by atomic mass is 16.3. The smallest absolute Gasteiger partial charge is 0.0431 e. The Balaban J connectivity index is -0.000000104. The van der Waals surface area contributed by atoms with Gasteiger partial charge in [0.1, 0.15) is 0 Å². The summed E-state index contributed by atoms with van der Waals surface area (Å²) in [6.07, 6.45) is 37.5. The summed E-state index contributed by atoms with van der Waals surface area (Å²) in [5, 5.41) is 30.1. The van der Waals surface area contributed by atoms with Crippen molar-refractivity contribution >= 4 is 0 Å². The monoisotopic (exact) mass is 1710 g/mol. The van der Waals surface area contributed by atoms with Crippen molar-refractivity contribution in [1.82, 2.24) is 51.9 Å². The van der Waals surface area contributed by atoms with E-state index in [0.29, 0.717) is 65.0 Å². The lowest BCUT2D eigenvalue weighted by atomic mass is 9.87. The van der Waals surface area contributed by atoms with Crippen LogP contribution in [0.3, 0.4) is 0 Å². The molecule has 0 amide bonds. The third-order valence-electron chi connectivity index (χ3n) is 17.3. The Kier molecular flexibility index (Phi) is 185. The molecule has 732 valence electrons. The molecule has 0 spiro atoms. The van der Waals surface area contributed by atoms with Gasteiger partial charge >= 0.3 is 0 Å². The Morgan fingerprint density at radius 2 is 0.508 bits per heavy atom. The molecular weight excluding hydrogens is 1490 g/mol. The van der Waals surface area contributed by atoms with E-state index in [4.69, 9.17) is 148 Å². The summed E-state index contributed by atoms with van der Waals surface area (Å²) < 4.78 is 0. The molecule has 0 radical (unpaired) electrons. The molecule has 118 heavy (non-hydrogen) atoms. The van der Waals surface area contributed by atoms with Crippen molar-refractivity contribution in [2.75, 3.05) is 303 Å². The Bertz CT molecular complexity index is 1330. The van der Waals surface area contributed by atoms with Crippen LogP contribution in [0.15, 0.2) is 0 Å². The fourth-order valence-electron chi connectivity index (χ4n) is 10.2. The van der Waals surface area contributed by atoms with Crippen LogP contribution in [0, 0.1) is 5.92 Å². The molecule has 4 atom stereocenters. The third-order valence-corrected chi connectivity index (χ3v) is 17.3. The van der Waals surface area contributed by atoms with Crippen molar-refractivity contribution in [3.63, 3.8) is 0 Å². The topological polar surface area (TPSA) is 765 Å². The minimum Gasteiger partial charge on any atom is -0.396 e. The average molecular weight is 1720 g/mol. The van der Waals surface area contributed by atoms with E-state index in [-0.39, 0.29) is 12.1 Å². The lowest BCUT2D eigenvalue weighted by molar-refractivity contribution is 0.281. The highest BCUT2D eigenvalue weighted by Crippen LogP contribution is 2.21. The van der Waals surface area contributed by atoms with E-state index < -0.39 is 0 Å². The van der Waals surface area contributed by atoms with Crippen LogP contribution >= 0.6 is 0 Å². The summed E-state index contributed by atoms with van der Waals surface area (Å²) in [7, 11) is 5.82. The predicted molar refractivity (Wildman–Crippen MR) is 526 cm³/mol. The molecule has 2 fully saturated rings. The van der Waals surface area contributed by atoms with Crippen molar-refractivity contribution in [1.29, 1.82) is 0 Å². The van der Waals surface area contributed by atoms with Gasteiger partial charge in [-0.2, -0.15) is 0 Å². The third kappa shape index (κ3) is 176. The molecule has 2 aliphatic rings. The van der Waals surface area contributed by atoms with Gasteiger partial charge < -0.3 is 195 Å². The average Bonchev–Trinajstić information content (AvgIpc) is 0.948. The maximum Gasteiger partial charge on any atom is 0.0431 e. The number of aliphatic hydroxyl groups excluding tert-OH is 1. The zero-order valence-electron chi connectivity index (χ0n) is 78.7. The number of hydrogen-bond donors (Lipinski definition) is 33. The zero-order chi connectivity index (χ0) is 91.6. The molecule has 0 aromatic carbocycles. The van der Waals surface area contributed by atoms with Gasteiger partial charge in [-0.3, -0.25) is 4.90 Å². The molecule has 0 bridgehead atoms. The summed E-state index contributed by atoms with van der Waals surface area (Å²) in [5.41, 5.74) is 132. The second-order valence-electron chi connectivity index (χ2n) is 29.0. The van der Waals surface area contributed by atoms with Crippen molar-refractivity contribution < 1.29 is 5.11 Å². The van der Waals surface area contributed by atoms with Crippen LogP contribution in [-0.2, 0) is 0 Å². The summed E-state index contributed by atoms with van der Waals surface area (Å²) in [6, 6.07) is 1.07. The summed E-state index contributed by atoms with van der Waals surface area (Å²) in [5.74, 6) is 0.781. The summed E-state index contributed by atoms with van der Waals surface area (Å²) >= 11 is 0. The molecule has 0 saturated heterocycles. The maximum atomic E-state index is 8.25. The fourth-order valence-corrected chi connectivity index (χ4v) is 10.2. The molecule has 2 rings (SSSR count). The van der Waals surface area contributed by atoms with E-state index >= 15 is 0 Å². The minimum absolute atomic E-state index is 0.281. The molecule has 0 aromatic heterocycles. The number of nitrogens with zero attached hydrogens (tertiary/aromatic N) is 3. The van der Waals surface area contributed by atoms with Gasteiger partial charge in [-0.25, -0.2) is 0 Å². The Labute approximate surface area is 730 Å². The van der Waals surface area contributed by atoms with Crippen LogP contribution < -0.4 is 181 Å². The molecule has 0 unspecified atom stereocenters. The first-order valence-electron chi connectivity index (χ1n) is 46.6. The molecule has 2 saturated carbocycles. The number of rotatable bonds is 63. The number of unbranched alkanes of at least 4 members (excludes halogenated alkanes) is 15. The van der Waals surface area contributed by atoms with Crippen molar-refractivity contribution in [3.05, 3.63) is 0 Å². The van der Waals surface area contributed by atoms with Gasteiger partial charge in [0.05, 0.1) is 0 Å². The van der Waals surface area contributed by atoms with Crippen LogP contribution in [-0.4, -0.2) is 341 Å². The number of likely N-dealkylation sites (N-methyl/N-ethyl adjacent to an activating group) is 2. The highest BCUT2D eigenvalue weighted by Gasteiger charge is 2.17. The molecule has 36 nitrogen and oxygen atoms in total. The standard InChI is InChI=1S/C16H37N3.C9H24N4.C7H19N3.C7H15N.C6H18N4.C6H14N2.2C5H15N3.C5H13NO.C4H13N3.C4H12N2.2C3H10N2.C2H8N2/c1-2-3-4-5-6-7-8-9-10-11-14-19(15-12-17)16-13-18;10-4-8-12-6-2-1-3-7-13-9-5-11;8-4-2-1-3-6-10-7-5-9;1-6-4-2-3-5-7(6)8;7-1-4-10(5-2-8)6-3-9;7-5-3-1-2-4-6(5)8;1-8(4-2-6)5-3-7;6-2-1-4-8-5-3-7;6-4-2-1-3-5-7;5-1-3-7-4-2-6;1-6-4-2-3-5;1-5-3-2-4;4-2-1-3-5;3-1-2-4/h2-18H2,1H3;12-13H,1-11H2;10H,1-9H2;6-7H,2-5,8H2,1H3;1-9H2;5-6H,1-4,7-8H2;2-7H2,1H3;8H,1-7H2;2*7H,1-6H2;6H,2-5H2,1H3;5H,2-4H2,1H3;1-5H2;1-4H2/t;;;6-,7+;;5-,6-;;;;;;;;/m...0.1......../s1. The summed E-state index contributed by atoms with van der Waals surface area (Å²) in [6.45, 7) is 40.0. The van der Waals surface area contributed by atoms with Crippen LogP contribution in [0.5, 0.6) is 0 Å². The second-order valence-corrected chi connectivity index (χ2v) is 29.0. The van der Waals surface area contributed by atoms with Crippen LogP contribution in [0.2, 0.25) is 0 Å². The molecular formula is C82H223N35O. The maximum absolute atomic E-state index is 8.25. The number of hydrogen-bond acceptors (Lipinski definition) is 36. The van der Waals surface area contributed by atoms with E-state index in [0.717, 1.165) is 280 Å². The lowest BCUT2D eigenvalue weighted by Crippen LogP contribution is -2.43. The van der Waals surface area contributed by atoms with E-state index in [9.17, 15) is 0 Å². The molecule has 2 aliphatic carbocycles. The second kappa shape index (κ2) is 153. The Hall–Kier alpha value is -1.44. The van der Waals surface area contributed by atoms with Crippen LogP contribution in [0.25, 0.3) is 0 Å². The molecule has 0 aliphatic heterocycles. The largest absolute Gasteiger partial charge is 0.396 e. The summed E-state index contributed by atoms with van der Waals surface area (Å²) in [4.78, 5) is 6.67. The van der Waals surface area contributed by atoms with Crippen molar-refractivity contribution in [2.45, 2.75) is 225 Å². The fraction of sp³-hybridized carbons (Fsp3) is 1.00. The Morgan fingerprint density at radius 3 is 0.746 bits per heavy atom. The first kappa shape index (κ1) is 142. The van der Waals surface area contributed by atoms with Crippen molar-refractivity contribution in [3.8, 4) is 0 Å². The van der Waals surface area contributed by atoms with Gasteiger partial charge in [-0.05, 0) is 202 Å². The van der Waals surface area contributed by atoms with Gasteiger partial charge in [-0.1, -0.05) is 110 Å². The normalized spacial score (nSPS) is 14.1. The molecule has 58 N–H and O–H groups in total. The van der Waals surface area contributed by atoms with Gasteiger partial charge in [0, 0.05) is 221 Å². The Morgan fingerprint density at radius 1 is 0.246 bits per heavy atom. The van der Waals surface area contributed by atoms with E-state index in [1.165, 1.54) is 141 Å². The van der Waals surface area contributed by atoms with Crippen LogP contribution in [0.1, 0.15) is 206 Å². The minimum atomic E-state index is 0.281. The van der Waals surface area contributed by atoms with Crippen LogP contribution in [0.4, 0.5) is 0 Å². The van der Waals surface area contributed by atoms with Crippen molar-refractivity contribution in [2.24, 2.45) is 149 Å². The van der Waals surface area contributed by atoms with E-state index in [2.05, 4.69) is 65.8 Å². The molecule has 0 heterocycles. The lowest BCUT2D eigenvalue weighted by Gasteiger charge is -2.24. The molecule has 36 heteroatoms. The first-order valence-corrected chi connectivity index (χ1v) is 46.6. The number of nitrogens with two attached hydrogens (primary N) is 25. The van der Waals surface area contributed by atoms with Gasteiger partial charge in [-0.15, -0.1) is 0 Å². The number of nitrogens with one attached hydrogen (secondary N) is 7. The molecule has 0 aromatic rings. The first-order chi connectivity index (χ1) is 57.3. The zero-order valence-corrected chi connectivity index (χ0v) is 78.7. The quantitative estimate of drug-likeness (QED) is 0.0254. The number of aliphatic hydroxyl groups is 1. The van der Waals surface area contributed by atoms with Gasteiger partial charge in [0.25, 0.3) is 0 Å². The SMILES string of the molecule is CCCCCCCCCCCCN(CCN)CCN.CN(CCN)CCN.CNCCCN.CNCCN.C[C@H]1CCCC[C@H]1N.NCCCCCNCCN.NCCCCCO.NCCCN.NCCCNCCN.NCCN.NCCN(CCN)CCN.NCCNCCCCCNCCN.NCCNCCN.N[C@@H]1CCCC[C@H]1N.